The molecule has 2 nitrogen and oxygen atoms in total. The van der Waals surface area contributed by atoms with Crippen LogP contribution in [0.1, 0.15) is 5.56 Å². The number of terminal acetylenes is 1. The molecular weight excluding hydrogens is 172 g/mol. The van der Waals surface area contributed by atoms with Gasteiger partial charge in [-0.05, 0) is 6.07 Å². The second kappa shape index (κ2) is 3.71. The van der Waals surface area contributed by atoms with Crippen LogP contribution in [0.5, 0.6) is 0 Å². The highest BCUT2D eigenvalue weighted by Gasteiger charge is 1.98. The van der Waals surface area contributed by atoms with E-state index < -0.39 is 0 Å². The number of benzene rings is 1. The van der Waals surface area contributed by atoms with E-state index >= 15 is 0 Å². The molecule has 65 valence electrons. The summed E-state index contributed by atoms with van der Waals surface area (Å²) in [6.07, 6.45) is 8.48. The fourth-order valence-electron chi connectivity index (χ4n) is 1.09. The van der Waals surface area contributed by atoms with Gasteiger partial charge >= 0.3 is 0 Å². The van der Waals surface area contributed by atoms with Crippen molar-refractivity contribution in [2.24, 2.45) is 0 Å². The quantitative estimate of drug-likeness (QED) is 0.625. The number of nitrogens with zero attached hydrogens (tertiary/aromatic N) is 2. The average Bonchev–Trinajstić information content (AvgIpc) is 2.30. The van der Waals surface area contributed by atoms with E-state index in [9.17, 15) is 0 Å². The molecule has 2 aromatic rings. The van der Waals surface area contributed by atoms with E-state index in [0.29, 0.717) is 11.4 Å². The second-order valence-electron chi connectivity index (χ2n) is 2.73. The first-order valence-electron chi connectivity index (χ1n) is 4.15. The van der Waals surface area contributed by atoms with Gasteiger partial charge in [0.15, 0.2) is 5.82 Å². The van der Waals surface area contributed by atoms with E-state index in [0.717, 1.165) is 5.56 Å². The maximum absolute atomic E-state index is 5.20. The van der Waals surface area contributed by atoms with Crippen molar-refractivity contribution < 1.29 is 0 Å². The molecule has 0 aliphatic rings. The molecule has 2 rings (SSSR count). The van der Waals surface area contributed by atoms with Crippen molar-refractivity contribution in [1.29, 1.82) is 0 Å². The Hall–Kier alpha value is -2.14. The average molecular weight is 179 g/mol. The Morgan fingerprint density at radius 1 is 1.14 bits per heavy atom. The van der Waals surface area contributed by atoms with Gasteiger partial charge in [-0.1, -0.05) is 30.2 Å². The highest BCUT2D eigenvalue weighted by Crippen LogP contribution is 2.12. The molecule has 0 aliphatic carbocycles. The number of rotatable bonds is 1. The first-order chi connectivity index (χ1) is 6.90. The van der Waals surface area contributed by atoms with Crippen LogP contribution in [0.3, 0.4) is 0 Å². The van der Waals surface area contributed by atoms with E-state index in [-0.39, 0.29) is 0 Å². The molecule has 0 saturated carbocycles. The van der Waals surface area contributed by atoms with Crippen molar-refractivity contribution in [2.45, 2.75) is 0 Å². The van der Waals surface area contributed by atoms with Crippen molar-refractivity contribution in [1.82, 2.24) is 9.97 Å². The minimum absolute atomic E-state index is 0.679. The zero-order valence-electron chi connectivity index (χ0n) is 7.44. The SMILES string of the molecule is C#Cc1cnc(-c2cc[c]cc2)nc1. The lowest BCUT2D eigenvalue weighted by Crippen LogP contribution is -1.88. The summed E-state index contributed by atoms with van der Waals surface area (Å²) in [5, 5.41) is 0. The van der Waals surface area contributed by atoms with Crippen LogP contribution in [0.25, 0.3) is 11.4 Å². The van der Waals surface area contributed by atoms with Crippen LogP contribution in [-0.4, -0.2) is 9.97 Å². The Morgan fingerprint density at radius 3 is 2.36 bits per heavy atom. The normalized spacial score (nSPS) is 9.36. The van der Waals surface area contributed by atoms with Crippen LogP contribution in [0.15, 0.2) is 36.7 Å². The lowest BCUT2D eigenvalue weighted by Gasteiger charge is -1.98. The van der Waals surface area contributed by atoms with Gasteiger partial charge in [0, 0.05) is 18.0 Å². The zero-order chi connectivity index (χ0) is 9.80. The van der Waals surface area contributed by atoms with E-state index in [1.54, 1.807) is 12.4 Å². The smallest absolute Gasteiger partial charge is 0.159 e. The number of hydrogen-bond donors (Lipinski definition) is 0. The summed E-state index contributed by atoms with van der Waals surface area (Å²) in [6, 6.07) is 10.4. The Bertz CT molecular complexity index is 452. The molecular formula is C12H7N2. The summed E-state index contributed by atoms with van der Waals surface area (Å²) in [4.78, 5) is 8.30. The Labute approximate surface area is 82.7 Å². The summed E-state index contributed by atoms with van der Waals surface area (Å²) < 4.78 is 0. The molecule has 0 aliphatic heterocycles. The largest absolute Gasteiger partial charge is 0.235 e. The standard InChI is InChI=1S/C12H7N2/c1-2-10-8-13-12(14-9-10)11-6-4-3-5-7-11/h1,4-9H. The third-order valence-corrected chi connectivity index (χ3v) is 1.79. The van der Waals surface area contributed by atoms with Gasteiger partial charge in [0.2, 0.25) is 0 Å². The fraction of sp³-hybridized carbons (Fsp3) is 0. The summed E-state index contributed by atoms with van der Waals surface area (Å²) in [5.41, 5.74) is 1.66. The van der Waals surface area contributed by atoms with Gasteiger partial charge in [0.25, 0.3) is 0 Å². The molecule has 0 fully saturated rings. The number of hydrogen-bond acceptors (Lipinski definition) is 2. The molecule has 0 amide bonds. The molecule has 0 unspecified atom stereocenters. The fourth-order valence-corrected chi connectivity index (χ4v) is 1.09. The maximum atomic E-state index is 5.20. The van der Waals surface area contributed by atoms with Gasteiger partial charge in [-0.2, -0.15) is 0 Å². The van der Waals surface area contributed by atoms with Gasteiger partial charge in [-0.3, -0.25) is 0 Å². The van der Waals surface area contributed by atoms with Crippen LogP contribution >= 0.6 is 0 Å². The summed E-state index contributed by atoms with van der Waals surface area (Å²) in [7, 11) is 0. The first kappa shape index (κ1) is 8.46. The number of aromatic nitrogens is 2. The third-order valence-electron chi connectivity index (χ3n) is 1.79. The monoisotopic (exact) mass is 179 g/mol. The van der Waals surface area contributed by atoms with Crippen molar-refractivity contribution in [2.75, 3.05) is 0 Å². The highest BCUT2D eigenvalue weighted by atomic mass is 14.9. The minimum Gasteiger partial charge on any atom is -0.235 e. The van der Waals surface area contributed by atoms with Crippen molar-refractivity contribution in [3.63, 3.8) is 0 Å². The van der Waals surface area contributed by atoms with E-state index in [1.807, 2.05) is 24.3 Å². The van der Waals surface area contributed by atoms with Crippen LogP contribution in [0.4, 0.5) is 0 Å². The van der Waals surface area contributed by atoms with Gasteiger partial charge in [0.1, 0.15) is 0 Å². The molecule has 2 heteroatoms. The van der Waals surface area contributed by atoms with E-state index in [1.165, 1.54) is 0 Å². The predicted molar refractivity (Wildman–Crippen MR) is 54.2 cm³/mol. The minimum atomic E-state index is 0.679. The molecule has 0 saturated heterocycles. The highest BCUT2D eigenvalue weighted by molar-refractivity contribution is 5.54. The lowest BCUT2D eigenvalue weighted by atomic mass is 10.2. The Morgan fingerprint density at radius 2 is 1.79 bits per heavy atom. The van der Waals surface area contributed by atoms with Crippen LogP contribution < -0.4 is 0 Å². The molecule has 0 spiro atoms. The van der Waals surface area contributed by atoms with Gasteiger partial charge < -0.3 is 0 Å². The molecule has 0 bridgehead atoms. The third kappa shape index (κ3) is 1.62. The first-order valence-corrected chi connectivity index (χ1v) is 4.15. The Balaban J connectivity index is 2.40. The van der Waals surface area contributed by atoms with Gasteiger partial charge in [0.05, 0.1) is 5.56 Å². The molecule has 1 aromatic heterocycles. The zero-order valence-corrected chi connectivity index (χ0v) is 7.44. The molecule has 0 N–H and O–H groups in total. The topological polar surface area (TPSA) is 25.8 Å². The maximum Gasteiger partial charge on any atom is 0.159 e. The predicted octanol–water partition coefficient (Wildman–Crippen LogP) is 1.93. The van der Waals surface area contributed by atoms with E-state index in [2.05, 4.69) is 22.0 Å². The second-order valence-corrected chi connectivity index (χ2v) is 2.73. The summed E-state index contributed by atoms with van der Waals surface area (Å²) >= 11 is 0. The van der Waals surface area contributed by atoms with Crippen molar-refractivity contribution >= 4 is 0 Å². The van der Waals surface area contributed by atoms with Crippen molar-refractivity contribution in [3.8, 4) is 23.7 Å². The molecule has 0 atom stereocenters. The molecule has 14 heavy (non-hydrogen) atoms. The molecule has 1 aromatic carbocycles. The lowest BCUT2D eigenvalue weighted by molar-refractivity contribution is 1.16. The van der Waals surface area contributed by atoms with Crippen LogP contribution in [0.2, 0.25) is 0 Å². The van der Waals surface area contributed by atoms with Crippen LogP contribution in [0, 0.1) is 18.4 Å². The van der Waals surface area contributed by atoms with Crippen LogP contribution in [-0.2, 0) is 0 Å². The summed E-state index contributed by atoms with van der Waals surface area (Å²) in [5.74, 6) is 3.15. The summed E-state index contributed by atoms with van der Waals surface area (Å²) in [6.45, 7) is 0. The van der Waals surface area contributed by atoms with Gasteiger partial charge in [-0.15, -0.1) is 6.42 Å². The molecule has 1 heterocycles. The Kier molecular flexibility index (Phi) is 2.24. The van der Waals surface area contributed by atoms with E-state index in [4.69, 9.17) is 6.42 Å². The molecule has 1 radical (unpaired) electrons. The van der Waals surface area contributed by atoms with Crippen molar-refractivity contribution in [3.05, 3.63) is 48.3 Å². The van der Waals surface area contributed by atoms with Gasteiger partial charge in [-0.25, -0.2) is 9.97 Å².